The Balaban J connectivity index is 1.65. The van der Waals surface area contributed by atoms with Gasteiger partial charge in [0.1, 0.15) is 0 Å². The maximum Gasteiger partial charge on any atom is 0.269 e. The lowest BCUT2D eigenvalue weighted by Gasteiger charge is -2.15. The second-order valence-electron chi connectivity index (χ2n) is 5.68. The Bertz CT molecular complexity index is 849. The lowest BCUT2D eigenvalue weighted by molar-refractivity contribution is -0.116. The summed E-state index contributed by atoms with van der Waals surface area (Å²) in [5, 5.41) is 0.526. The van der Waals surface area contributed by atoms with Crippen molar-refractivity contribution >= 4 is 35.0 Å². The smallest absolute Gasteiger partial charge is 0.269 e. The van der Waals surface area contributed by atoms with Crippen LogP contribution in [0.1, 0.15) is 33.2 Å². The molecule has 0 atom stereocenters. The maximum atomic E-state index is 12.2. The molecule has 2 N–H and O–H groups in total. The van der Waals surface area contributed by atoms with Crippen LogP contribution in [0.5, 0.6) is 0 Å². The molecule has 3 rings (SSSR count). The lowest BCUT2D eigenvalue weighted by atomic mass is 10.1. The highest BCUT2D eigenvalue weighted by atomic mass is 35.5. The van der Waals surface area contributed by atoms with Crippen LogP contribution < -0.4 is 15.8 Å². The molecule has 0 aromatic heterocycles. The first-order valence-corrected chi connectivity index (χ1v) is 8.11. The third kappa shape index (κ3) is 3.64. The van der Waals surface area contributed by atoms with Crippen LogP contribution in [0.4, 0.5) is 5.69 Å². The van der Waals surface area contributed by atoms with Crippen LogP contribution in [0.15, 0.2) is 42.5 Å². The normalized spacial score (nSPS) is 12.5. The summed E-state index contributed by atoms with van der Waals surface area (Å²) < 4.78 is 0. The van der Waals surface area contributed by atoms with Crippen molar-refractivity contribution in [3.05, 3.63) is 64.2 Å². The van der Waals surface area contributed by atoms with Gasteiger partial charge in [-0.05, 0) is 54.4 Å². The van der Waals surface area contributed by atoms with Crippen molar-refractivity contribution in [2.75, 3.05) is 11.4 Å². The van der Waals surface area contributed by atoms with Crippen LogP contribution in [0.25, 0.3) is 0 Å². The fourth-order valence-corrected chi connectivity index (χ4v) is 2.86. The van der Waals surface area contributed by atoms with Gasteiger partial charge in [0.05, 0.1) is 0 Å². The molecule has 0 bridgehead atoms. The van der Waals surface area contributed by atoms with E-state index in [9.17, 15) is 14.4 Å². The molecule has 1 aliphatic heterocycles. The zero-order chi connectivity index (χ0) is 18.0. The summed E-state index contributed by atoms with van der Waals surface area (Å²) in [6, 6.07) is 11.4. The van der Waals surface area contributed by atoms with E-state index in [1.165, 1.54) is 6.92 Å². The summed E-state index contributed by atoms with van der Waals surface area (Å²) in [4.78, 5) is 37.4. The fourth-order valence-electron chi connectivity index (χ4n) is 2.73. The molecule has 25 heavy (non-hydrogen) atoms. The first-order valence-electron chi connectivity index (χ1n) is 7.73. The first-order chi connectivity index (χ1) is 12.0. The number of carbonyl (C=O) groups is 3. The lowest BCUT2D eigenvalue weighted by Crippen LogP contribution is -2.41. The predicted octanol–water partition coefficient (Wildman–Crippen LogP) is 2.32. The van der Waals surface area contributed by atoms with Gasteiger partial charge in [0, 0.05) is 35.3 Å². The maximum absolute atomic E-state index is 12.2. The van der Waals surface area contributed by atoms with E-state index in [1.807, 2.05) is 0 Å². The monoisotopic (exact) mass is 357 g/mol. The highest BCUT2D eigenvalue weighted by molar-refractivity contribution is 6.30. The Kier molecular flexibility index (Phi) is 4.72. The third-order valence-electron chi connectivity index (χ3n) is 4.01. The van der Waals surface area contributed by atoms with E-state index >= 15 is 0 Å². The number of hydrogen-bond acceptors (Lipinski definition) is 3. The summed E-state index contributed by atoms with van der Waals surface area (Å²) in [6.45, 7) is 2.13. The van der Waals surface area contributed by atoms with Crippen molar-refractivity contribution in [3.63, 3.8) is 0 Å². The van der Waals surface area contributed by atoms with Crippen molar-refractivity contribution in [2.24, 2.45) is 0 Å². The fraction of sp³-hybridized carbons (Fsp3) is 0.167. The minimum atomic E-state index is -0.436. The number of halogens is 1. The Morgan fingerprint density at radius 2 is 1.56 bits per heavy atom. The molecule has 128 valence electrons. The average molecular weight is 358 g/mol. The molecule has 0 unspecified atom stereocenters. The molecule has 1 aliphatic rings. The number of anilines is 1. The molecule has 7 heteroatoms. The van der Waals surface area contributed by atoms with E-state index in [-0.39, 0.29) is 5.91 Å². The van der Waals surface area contributed by atoms with Gasteiger partial charge >= 0.3 is 0 Å². The van der Waals surface area contributed by atoms with Gasteiger partial charge in [-0.3, -0.25) is 25.2 Å². The van der Waals surface area contributed by atoms with E-state index in [0.29, 0.717) is 29.1 Å². The summed E-state index contributed by atoms with van der Waals surface area (Å²) in [7, 11) is 0. The van der Waals surface area contributed by atoms with E-state index in [2.05, 4.69) is 10.9 Å². The van der Waals surface area contributed by atoms with Crippen LogP contribution in [0, 0.1) is 0 Å². The Morgan fingerprint density at radius 3 is 2.20 bits per heavy atom. The highest BCUT2D eigenvalue weighted by Crippen LogP contribution is 2.28. The minimum absolute atomic E-state index is 0.0221. The Labute approximate surface area is 149 Å². The van der Waals surface area contributed by atoms with Crippen molar-refractivity contribution in [1.82, 2.24) is 10.9 Å². The SMILES string of the molecule is CC(=O)N1CCc2cc(C(=O)NNC(=O)c3ccc(Cl)cc3)ccc21. The van der Waals surface area contributed by atoms with Gasteiger partial charge < -0.3 is 4.90 Å². The molecule has 1 heterocycles. The number of hydrogen-bond donors (Lipinski definition) is 2. The summed E-state index contributed by atoms with van der Waals surface area (Å²) in [6.07, 6.45) is 0.702. The quantitative estimate of drug-likeness (QED) is 0.810. The Hall–Kier alpha value is -2.86. The molecule has 2 aromatic rings. The standard InChI is InChI=1S/C18H16ClN3O3/c1-11(23)22-9-8-13-10-14(4-7-16(13)22)18(25)21-20-17(24)12-2-5-15(19)6-3-12/h2-7,10H,8-9H2,1H3,(H,20,24)(H,21,25). The zero-order valence-corrected chi connectivity index (χ0v) is 14.3. The number of fused-ring (bicyclic) bond motifs is 1. The van der Waals surface area contributed by atoms with Gasteiger partial charge in [-0.15, -0.1) is 0 Å². The molecular weight excluding hydrogens is 342 g/mol. The molecule has 0 fully saturated rings. The van der Waals surface area contributed by atoms with Crippen molar-refractivity contribution in [2.45, 2.75) is 13.3 Å². The van der Waals surface area contributed by atoms with Gasteiger partial charge in [-0.2, -0.15) is 0 Å². The highest BCUT2D eigenvalue weighted by Gasteiger charge is 2.23. The van der Waals surface area contributed by atoms with Crippen LogP contribution in [-0.4, -0.2) is 24.3 Å². The number of nitrogens with zero attached hydrogens (tertiary/aromatic N) is 1. The van der Waals surface area contributed by atoms with Crippen LogP contribution in [0.2, 0.25) is 5.02 Å². The van der Waals surface area contributed by atoms with Gasteiger partial charge in [-0.25, -0.2) is 0 Å². The number of rotatable bonds is 2. The molecule has 2 aromatic carbocycles. The van der Waals surface area contributed by atoms with Gasteiger partial charge in [-0.1, -0.05) is 11.6 Å². The Morgan fingerprint density at radius 1 is 0.960 bits per heavy atom. The molecule has 0 aliphatic carbocycles. The second-order valence-corrected chi connectivity index (χ2v) is 6.12. The van der Waals surface area contributed by atoms with Crippen LogP contribution in [0.3, 0.4) is 0 Å². The van der Waals surface area contributed by atoms with Crippen molar-refractivity contribution in [1.29, 1.82) is 0 Å². The molecule has 0 saturated heterocycles. The summed E-state index contributed by atoms with van der Waals surface area (Å²) in [5.74, 6) is -0.883. The van der Waals surface area contributed by atoms with Gasteiger partial charge in [0.15, 0.2) is 0 Å². The largest absolute Gasteiger partial charge is 0.312 e. The zero-order valence-electron chi connectivity index (χ0n) is 13.5. The third-order valence-corrected chi connectivity index (χ3v) is 4.27. The number of benzene rings is 2. The molecule has 0 saturated carbocycles. The minimum Gasteiger partial charge on any atom is -0.312 e. The molecular formula is C18H16ClN3O3. The van der Waals surface area contributed by atoms with Crippen LogP contribution >= 0.6 is 11.6 Å². The molecule has 6 nitrogen and oxygen atoms in total. The van der Waals surface area contributed by atoms with E-state index in [4.69, 9.17) is 11.6 Å². The molecule has 0 radical (unpaired) electrons. The van der Waals surface area contributed by atoms with E-state index in [1.54, 1.807) is 47.4 Å². The van der Waals surface area contributed by atoms with Crippen LogP contribution in [-0.2, 0) is 11.2 Å². The average Bonchev–Trinajstić information content (AvgIpc) is 3.03. The molecule has 0 spiro atoms. The van der Waals surface area contributed by atoms with Gasteiger partial charge in [0.25, 0.3) is 11.8 Å². The summed E-state index contributed by atoms with van der Waals surface area (Å²) in [5.41, 5.74) is 7.32. The first kappa shape index (κ1) is 17.0. The number of carbonyl (C=O) groups excluding carboxylic acids is 3. The van der Waals surface area contributed by atoms with Crippen molar-refractivity contribution < 1.29 is 14.4 Å². The number of nitrogens with one attached hydrogen (secondary N) is 2. The van der Waals surface area contributed by atoms with Gasteiger partial charge in [0.2, 0.25) is 5.91 Å². The number of hydrazine groups is 1. The number of amides is 3. The predicted molar refractivity (Wildman–Crippen MR) is 94.6 cm³/mol. The second kappa shape index (κ2) is 6.94. The van der Waals surface area contributed by atoms with E-state index < -0.39 is 11.8 Å². The topological polar surface area (TPSA) is 78.5 Å². The summed E-state index contributed by atoms with van der Waals surface area (Å²) >= 11 is 5.77. The van der Waals surface area contributed by atoms with E-state index in [0.717, 1.165) is 11.3 Å². The van der Waals surface area contributed by atoms with Crippen molar-refractivity contribution in [3.8, 4) is 0 Å². The molecule has 3 amide bonds.